The second-order valence-electron chi connectivity index (χ2n) is 4.33. The summed E-state index contributed by atoms with van der Waals surface area (Å²) in [5.41, 5.74) is 0.909. The van der Waals surface area contributed by atoms with Crippen LogP contribution < -0.4 is 5.32 Å². The van der Waals surface area contributed by atoms with E-state index in [1.54, 1.807) is 13.0 Å². The largest absolute Gasteiger partial charge is 0.475 e. The molecular weight excluding hydrogens is 220 g/mol. The van der Waals surface area contributed by atoms with Crippen LogP contribution in [-0.4, -0.2) is 43.2 Å². The third-order valence-corrected chi connectivity index (χ3v) is 2.51. The molecule has 0 fully saturated rings. The van der Waals surface area contributed by atoms with Gasteiger partial charge in [-0.1, -0.05) is 0 Å². The maximum Gasteiger partial charge on any atom is 0.371 e. The number of nitrogens with zero attached hydrogens (tertiary/aromatic N) is 1. The lowest BCUT2D eigenvalue weighted by Gasteiger charge is -2.09. The molecule has 0 radical (unpaired) electrons. The molecule has 2 N–H and O–H groups in total. The van der Waals surface area contributed by atoms with E-state index < -0.39 is 5.97 Å². The number of carbonyl (C=O) groups is 1. The molecular formula is C12H20N2O3. The number of hydrogen-bond acceptors (Lipinski definition) is 4. The summed E-state index contributed by atoms with van der Waals surface area (Å²) in [6, 6.07) is 1.58. The van der Waals surface area contributed by atoms with Crippen LogP contribution in [0.3, 0.4) is 0 Å². The number of furan rings is 1. The fraction of sp³-hybridized carbons (Fsp3) is 0.583. The zero-order chi connectivity index (χ0) is 12.8. The summed E-state index contributed by atoms with van der Waals surface area (Å²) in [6.07, 6.45) is 1.07. The zero-order valence-electron chi connectivity index (χ0n) is 10.6. The van der Waals surface area contributed by atoms with Gasteiger partial charge >= 0.3 is 5.97 Å². The molecule has 0 bridgehead atoms. The Bertz CT molecular complexity index is 372. The molecule has 1 aromatic heterocycles. The smallest absolute Gasteiger partial charge is 0.371 e. The monoisotopic (exact) mass is 240 g/mol. The third kappa shape index (κ3) is 4.58. The van der Waals surface area contributed by atoms with Crippen LogP contribution in [0.25, 0.3) is 0 Å². The van der Waals surface area contributed by atoms with Gasteiger partial charge in [-0.2, -0.15) is 0 Å². The molecule has 0 atom stereocenters. The SMILES string of the molecule is Cc1oc(C(=O)O)cc1CNCCCN(C)C. The summed E-state index contributed by atoms with van der Waals surface area (Å²) in [7, 11) is 4.08. The van der Waals surface area contributed by atoms with Crippen LogP contribution >= 0.6 is 0 Å². The first-order valence-electron chi connectivity index (χ1n) is 5.68. The second-order valence-corrected chi connectivity index (χ2v) is 4.33. The van der Waals surface area contributed by atoms with E-state index in [-0.39, 0.29) is 5.76 Å². The maximum absolute atomic E-state index is 10.7. The van der Waals surface area contributed by atoms with Gasteiger partial charge in [-0.05, 0) is 46.6 Å². The Morgan fingerprint density at radius 2 is 2.24 bits per heavy atom. The Morgan fingerprint density at radius 1 is 1.53 bits per heavy atom. The number of carboxylic acids is 1. The van der Waals surface area contributed by atoms with Crippen molar-refractivity contribution in [1.82, 2.24) is 10.2 Å². The molecule has 0 aromatic carbocycles. The van der Waals surface area contributed by atoms with Crippen LogP contribution in [-0.2, 0) is 6.54 Å². The van der Waals surface area contributed by atoms with Gasteiger partial charge in [0.2, 0.25) is 5.76 Å². The van der Waals surface area contributed by atoms with Crippen LogP contribution in [0, 0.1) is 6.92 Å². The molecule has 96 valence electrons. The minimum atomic E-state index is -1.02. The Hall–Kier alpha value is -1.33. The van der Waals surface area contributed by atoms with E-state index in [1.165, 1.54) is 0 Å². The Morgan fingerprint density at radius 3 is 2.76 bits per heavy atom. The van der Waals surface area contributed by atoms with Crippen LogP contribution in [0.5, 0.6) is 0 Å². The summed E-state index contributed by atoms with van der Waals surface area (Å²) >= 11 is 0. The van der Waals surface area contributed by atoms with Gasteiger partial charge in [-0.3, -0.25) is 0 Å². The van der Waals surface area contributed by atoms with Crippen molar-refractivity contribution in [1.29, 1.82) is 0 Å². The number of rotatable bonds is 7. The standard InChI is InChI=1S/C12H20N2O3/c1-9-10(7-11(17-9)12(15)16)8-13-5-4-6-14(2)3/h7,13H,4-6,8H2,1-3H3,(H,15,16). The normalized spacial score (nSPS) is 11.1. The maximum atomic E-state index is 10.7. The lowest BCUT2D eigenvalue weighted by molar-refractivity contribution is 0.0661. The second kappa shape index (κ2) is 6.42. The van der Waals surface area contributed by atoms with Crippen molar-refractivity contribution < 1.29 is 14.3 Å². The van der Waals surface area contributed by atoms with E-state index in [2.05, 4.69) is 10.2 Å². The zero-order valence-corrected chi connectivity index (χ0v) is 10.6. The fourth-order valence-corrected chi connectivity index (χ4v) is 1.54. The summed E-state index contributed by atoms with van der Waals surface area (Å²) in [4.78, 5) is 12.8. The van der Waals surface area contributed by atoms with E-state index in [0.29, 0.717) is 12.3 Å². The highest BCUT2D eigenvalue weighted by atomic mass is 16.4. The van der Waals surface area contributed by atoms with Gasteiger partial charge in [-0.25, -0.2) is 4.79 Å². The molecule has 1 aromatic rings. The average molecular weight is 240 g/mol. The van der Waals surface area contributed by atoms with Crippen molar-refractivity contribution in [3.05, 3.63) is 23.2 Å². The van der Waals surface area contributed by atoms with Gasteiger partial charge in [0.1, 0.15) is 5.76 Å². The summed E-state index contributed by atoms with van der Waals surface area (Å²) in [5, 5.41) is 12.0. The van der Waals surface area contributed by atoms with Crippen LogP contribution in [0.15, 0.2) is 10.5 Å². The molecule has 1 rings (SSSR count). The van der Waals surface area contributed by atoms with Gasteiger partial charge in [0.05, 0.1) is 0 Å². The third-order valence-electron chi connectivity index (χ3n) is 2.51. The summed E-state index contributed by atoms with van der Waals surface area (Å²) < 4.78 is 5.12. The van der Waals surface area contributed by atoms with Crippen molar-refractivity contribution in [3.63, 3.8) is 0 Å². The molecule has 1 heterocycles. The number of nitrogens with one attached hydrogen (secondary N) is 1. The lowest BCUT2D eigenvalue weighted by atomic mass is 10.2. The molecule has 5 heteroatoms. The van der Waals surface area contributed by atoms with Crippen molar-refractivity contribution in [2.45, 2.75) is 19.9 Å². The van der Waals surface area contributed by atoms with E-state index in [0.717, 1.165) is 25.1 Å². The first-order chi connectivity index (χ1) is 8.00. The number of aromatic carboxylic acids is 1. The first-order valence-corrected chi connectivity index (χ1v) is 5.68. The molecule has 5 nitrogen and oxygen atoms in total. The van der Waals surface area contributed by atoms with Crippen LogP contribution in [0.4, 0.5) is 0 Å². The summed E-state index contributed by atoms with van der Waals surface area (Å²) in [5.74, 6) is -0.345. The molecule has 17 heavy (non-hydrogen) atoms. The Labute approximate surface area is 101 Å². The topological polar surface area (TPSA) is 65.7 Å². The quantitative estimate of drug-likeness (QED) is 0.704. The molecule has 0 aliphatic carbocycles. The minimum absolute atomic E-state index is 0.00703. The molecule has 0 amide bonds. The molecule has 0 unspecified atom stereocenters. The van der Waals surface area contributed by atoms with Crippen molar-refractivity contribution in [3.8, 4) is 0 Å². The van der Waals surface area contributed by atoms with Crippen LogP contribution in [0.1, 0.15) is 28.3 Å². The predicted molar refractivity (Wildman–Crippen MR) is 65.3 cm³/mol. The van der Waals surface area contributed by atoms with E-state index in [4.69, 9.17) is 9.52 Å². The first kappa shape index (κ1) is 13.7. The Balaban J connectivity index is 2.34. The van der Waals surface area contributed by atoms with E-state index in [1.807, 2.05) is 14.1 Å². The molecule has 0 saturated heterocycles. The van der Waals surface area contributed by atoms with Crippen molar-refractivity contribution >= 4 is 5.97 Å². The Kier molecular flexibility index (Phi) is 5.18. The fourth-order valence-electron chi connectivity index (χ4n) is 1.54. The highest BCUT2D eigenvalue weighted by Gasteiger charge is 2.12. The average Bonchev–Trinajstić information content (AvgIpc) is 2.59. The minimum Gasteiger partial charge on any atom is -0.475 e. The van der Waals surface area contributed by atoms with Gasteiger partial charge in [0.15, 0.2) is 0 Å². The summed E-state index contributed by atoms with van der Waals surface area (Å²) in [6.45, 7) is 4.38. The van der Waals surface area contributed by atoms with Crippen molar-refractivity contribution in [2.24, 2.45) is 0 Å². The highest BCUT2D eigenvalue weighted by molar-refractivity contribution is 5.84. The number of carboxylic acid groups (broad SMARTS) is 1. The van der Waals surface area contributed by atoms with Gasteiger partial charge in [0, 0.05) is 12.1 Å². The molecule has 0 saturated carbocycles. The van der Waals surface area contributed by atoms with Gasteiger partial charge in [0.25, 0.3) is 0 Å². The highest BCUT2D eigenvalue weighted by Crippen LogP contribution is 2.14. The molecule has 0 aliphatic rings. The van der Waals surface area contributed by atoms with E-state index in [9.17, 15) is 4.79 Å². The number of hydrogen-bond donors (Lipinski definition) is 2. The van der Waals surface area contributed by atoms with Gasteiger partial charge in [-0.15, -0.1) is 0 Å². The molecule has 0 spiro atoms. The lowest BCUT2D eigenvalue weighted by Crippen LogP contribution is -2.21. The molecule has 0 aliphatic heterocycles. The predicted octanol–water partition coefficient (Wildman–Crippen LogP) is 1.33. The van der Waals surface area contributed by atoms with E-state index >= 15 is 0 Å². The van der Waals surface area contributed by atoms with Crippen LogP contribution in [0.2, 0.25) is 0 Å². The number of aryl methyl sites for hydroxylation is 1. The van der Waals surface area contributed by atoms with Gasteiger partial charge < -0.3 is 19.7 Å². The van der Waals surface area contributed by atoms with Crippen molar-refractivity contribution in [2.75, 3.05) is 27.2 Å².